The number of carbonyl (C=O) groups excluding carboxylic acids is 1. The van der Waals surface area contributed by atoms with Crippen LogP contribution in [0.5, 0.6) is 0 Å². The maximum Gasteiger partial charge on any atom is 0.251 e. The van der Waals surface area contributed by atoms with Crippen LogP contribution in [0, 0.1) is 5.92 Å². The number of hydrogen-bond donors (Lipinski definition) is 0. The molecule has 0 radical (unpaired) electrons. The molecule has 0 bridgehead atoms. The van der Waals surface area contributed by atoms with Gasteiger partial charge in [0.05, 0.1) is 0 Å². The molecule has 2 rings (SSSR count). The molecule has 0 spiro atoms. The molecule has 2 aromatic rings. The van der Waals surface area contributed by atoms with Crippen LogP contribution >= 0.6 is 0 Å². The van der Waals surface area contributed by atoms with Crippen LogP contribution in [0.15, 0.2) is 28.7 Å². The van der Waals surface area contributed by atoms with Crippen molar-refractivity contribution in [1.29, 1.82) is 0 Å². The minimum atomic E-state index is -0.419. The lowest BCUT2D eigenvalue weighted by Crippen LogP contribution is -2.36. The molecule has 4 nitrogen and oxygen atoms in total. The van der Waals surface area contributed by atoms with E-state index in [2.05, 4.69) is 20.8 Å². The van der Waals surface area contributed by atoms with Gasteiger partial charge in [0.2, 0.25) is 0 Å². The molecule has 0 saturated heterocycles. The topological polar surface area (TPSA) is 42.7 Å². The Morgan fingerprint density at radius 2 is 1.96 bits per heavy atom. The maximum absolute atomic E-state index is 12.6. The molecule has 0 saturated carbocycles. The Balaban J connectivity index is 2.06. The van der Waals surface area contributed by atoms with Gasteiger partial charge in [-0.1, -0.05) is 39.0 Å². The van der Waals surface area contributed by atoms with Gasteiger partial charge >= 0.3 is 0 Å². The number of nitrogens with zero attached hydrogens (tertiary/aromatic N) is 1. The van der Waals surface area contributed by atoms with Crippen molar-refractivity contribution in [1.82, 2.24) is 4.90 Å². The lowest BCUT2D eigenvalue weighted by Gasteiger charge is -2.22. The van der Waals surface area contributed by atoms with Gasteiger partial charge in [-0.15, -0.1) is 0 Å². The molecule has 132 valence electrons. The minimum Gasteiger partial charge on any atom is -0.461 e. The molecule has 0 aliphatic heterocycles. The molecule has 1 amide bonds. The molecule has 1 unspecified atom stereocenters. The highest BCUT2D eigenvalue weighted by molar-refractivity contribution is 5.84. The monoisotopic (exact) mass is 331 g/mol. The molecule has 0 fully saturated rings. The summed E-state index contributed by atoms with van der Waals surface area (Å²) in [7, 11) is 1.83. The van der Waals surface area contributed by atoms with Gasteiger partial charge in [-0.25, -0.2) is 0 Å². The van der Waals surface area contributed by atoms with E-state index in [-0.39, 0.29) is 5.91 Å². The van der Waals surface area contributed by atoms with Crippen molar-refractivity contribution in [2.45, 2.75) is 53.2 Å². The lowest BCUT2D eigenvalue weighted by atomic mass is 10.1. The van der Waals surface area contributed by atoms with Gasteiger partial charge in [0, 0.05) is 37.6 Å². The molecule has 24 heavy (non-hydrogen) atoms. The number of hydrogen-bond acceptors (Lipinski definition) is 3. The van der Waals surface area contributed by atoms with Crippen molar-refractivity contribution in [3.63, 3.8) is 0 Å². The summed E-state index contributed by atoms with van der Waals surface area (Å²) in [6, 6.07) is 7.99. The largest absolute Gasteiger partial charge is 0.461 e. The third kappa shape index (κ3) is 4.38. The van der Waals surface area contributed by atoms with Crippen molar-refractivity contribution in [2.75, 3.05) is 13.7 Å². The van der Waals surface area contributed by atoms with Crippen molar-refractivity contribution in [3.8, 4) is 0 Å². The molecule has 1 aromatic heterocycles. The third-order valence-electron chi connectivity index (χ3n) is 4.29. The average molecular weight is 331 g/mol. The van der Waals surface area contributed by atoms with E-state index in [0.29, 0.717) is 19.1 Å². The van der Waals surface area contributed by atoms with E-state index in [9.17, 15) is 4.79 Å². The first-order chi connectivity index (χ1) is 11.4. The third-order valence-corrected chi connectivity index (χ3v) is 4.29. The maximum atomic E-state index is 12.6. The van der Waals surface area contributed by atoms with Gasteiger partial charge in [0.1, 0.15) is 17.4 Å². The van der Waals surface area contributed by atoms with Crippen LogP contribution in [0.25, 0.3) is 11.0 Å². The summed E-state index contributed by atoms with van der Waals surface area (Å²) in [5.41, 5.74) is 1.98. The number of ether oxygens (including phenoxy) is 1. The highest BCUT2D eigenvalue weighted by Crippen LogP contribution is 2.27. The highest BCUT2D eigenvalue weighted by Gasteiger charge is 2.21. The summed E-state index contributed by atoms with van der Waals surface area (Å²) < 4.78 is 11.6. The molecule has 0 aliphatic rings. The zero-order valence-electron chi connectivity index (χ0n) is 15.5. The summed E-state index contributed by atoms with van der Waals surface area (Å²) in [5.74, 6) is 1.53. The predicted octanol–water partition coefficient (Wildman–Crippen LogP) is 4.40. The quantitative estimate of drug-likeness (QED) is 0.720. The number of benzene rings is 1. The first kappa shape index (κ1) is 18.5. The molecule has 1 aromatic carbocycles. The number of rotatable bonds is 8. The second-order valence-corrected chi connectivity index (χ2v) is 6.74. The van der Waals surface area contributed by atoms with Gasteiger partial charge in [0.15, 0.2) is 0 Å². The fourth-order valence-electron chi connectivity index (χ4n) is 2.79. The zero-order chi connectivity index (χ0) is 17.7. The Kier molecular flexibility index (Phi) is 6.44. The van der Waals surface area contributed by atoms with E-state index < -0.39 is 6.10 Å². The first-order valence-electron chi connectivity index (χ1n) is 8.79. The number of likely N-dealkylation sites (N-methyl/N-ethyl adjacent to an activating group) is 1. The van der Waals surface area contributed by atoms with Gasteiger partial charge in [-0.2, -0.15) is 0 Å². The second kappa shape index (κ2) is 8.34. The Morgan fingerprint density at radius 1 is 1.25 bits per heavy atom. The van der Waals surface area contributed by atoms with Crippen molar-refractivity contribution >= 4 is 16.9 Å². The number of aryl methyl sites for hydroxylation is 1. The number of furan rings is 1. The fourth-order valence-corrected chi connectivity index (χ4v) is 2.79. The summed E-state index contributed by atoms with van der Waals surface area (Å²) >= 11 is 0. The predicted molar refractivity (Wildman–Crippen MR) is 96.9 cm³/mol. The average Bonchev–Trinajstić information content (AvgIpc) is 2.91. The van der Waals surface area contributed by atoms with Gasteiger partial charge < -0.3 is 14.1 Å². The highest BCUT2D eigenvalue weighted by atomic mass is 16.5. The van der Waals surface area contributed by atoms with Crippen LogP contribution in [0.1, 0.15) is 45.4 Å². The molecule has 0 aliphatic carbocycles. The SMILES string of the molecule is CCc1oc2ccccc2c1CN(C)C(=O)C(C)OCCC(C)C. The Hall–Kier alpha value is -1.81. The molecule has 1 atom stereocenters. The summed E-state index contributed by atoms with van der Waals surface area (Å²) in [6.45, 7) is 9.36. The van der Waals surface area contributed by atoms with E-state index in [1.165, 1.54) is 0 Å². The Morgan fingerprint density at radius 3 is 2.62 bits per heavy atom. The summed E-state index contributed by atoms with van der Waals surface area (Å²) in [6.07, 6.45) is 1.36. The van der Waals surface area contributed by atoms with Crippen LogP contribution in [0.4, 0.5) is 0 Å². The van der Waals surface area contributed by atoms with Crippen molar-refractivity contribution in [3.05, 3.63) is 35.6 Å². The Labute approximate surface area is 144 Å². The van der Waals surface area contributed by atoms with E-state index in [0.717, 1.165) is 35.1 Å². The molecular weight excluding hydrogens is 302 g/mol. The number of fused-ring (bicyclic) bond motifs is 1. The standard InChI is InChI=1S/C20H29NO3/c1-6-18-17(16-9-7-8-10-19(16)24-18)13-21(5)20(22)15(4)23-12-11-14(2)3/h7-10,14-15H,6,11-13H2,1-5H3. The van der Waals surface area contributed by atoms with Gasteiger partial charge in [-0.05, 0) is 25.3 Å². The van der Waals surface area contributed by atoms with Crippen molar-refractivity contribution < 1.29 is 13.9 Å². The van der Waals surface area contributed by atoms with E-state index in [1.807, 2.05) is 38.2 Å². The van der Waals surface area contributed by atoms with E-state index in [4.69, 9.17) is 9.15 Å². The Bertz CT molecular complexity index is 675. The normalized spacial score (nSPS) is 12.8. The van der Waals surface area contributed by atoms with Crippen LogP contribution < -0.4 is 0 Å². The first-order valence-corrected chi connectivity index (χ1v) is 8.79. The van der Waals surface area contributed by atoms with Crippen LogP contribution in [-0.4, -0.2) is 30.6 Å². The minimum absolute atomic E-state index is 0.00564. The van der Waals surface area contributed by atoms with Crippen LogP contribution in [0.3, 0.4) is 0 Å². The van der Waals surface area contributed by atoms with Crippen molar-refractivity contribution in [2.24, 2.45) is 5.92 Å². The smallest absolute Gasteiger partial charge is 0.251 e. The fraction of sp³-hybridized carbons (Fsp3) is 0.550. The second-order valence-electron chi connectivity index (χ2n) is 6.74. The van der Waals surface area contributed by atoms with Gasteiger partial charge in [-0.3, -0.25) is 4.79 Å². The van der Waals surface area contributed by atoms with E-state index in [1.54, 1.807) is 4.90 Å². The molecule has 4 heteroatoms. The summed E-state index contributed by atoms with van der Waals surface area (Å²) in [5, 5.41) is 1.09. The van der Waals surface area contributed by atoms with Crippen LogP contribution in [-0.2, 0) is 22.5 Å². The summed E-state index contributed by atoms with van der Waals surface area (Å²) in [4.78, 5) is 14.3. The molecule has 0 N–H and O–H groups in total. The van der Waals surface area contributed by atoms with E-state index >= 15 is 0 Å². The van der Waals surface area contributed by atoms with Gasteiger partial charge in [0.25, 0.3) is 5.91 Å². The molecular formula is C20H29NO3. The zero-order valence-corrected chi connectivity index (χ0v) is 15.5. The molecule has 1 heterocycles. The van der Waals surface area contributed by atoms with Crippen LogP contribution in [0.2, 0.25) is 0 Å². The number of para-hydroxylation sites is 1. The number of amides is 1. The lowest BCUT2D eigenvalue weighted by molar-refractivity contribution is -0.142. The number of carbonyl (C=O) groups is 1.